The van der Waals surface area contributed by atoms with Crippen molar-refractivity contribution in [3.8, 4) is 5.75 Å². The molecular weight excluding hydrogens is 392 g/mol. The normalized spacial score (nSPS) is 10.5. The second kappa shape index (κ2) is 9.74. The second-order valence-corrected chi connectivity index (χ2v) is 7.01. The van der Waals surface area contributed by atoms with E-state index in [1.807, 2.05) is 24.3 Å². The van der Waals surface area contributed by atoms with E-state index in [-0.39, 0.29) is 23.8 Å². The lowest BCUT2D eigenvalue weighted by Gasteiger charge is -2.04. The number of rotatable bonds is 9. The third kappa shape index (κ3) is 6.08. The number of aromatic amines is 1. The Morgan fingerprint density at radius 2 is 1.86 bits per heavy atom. The Bertz CT molecular complexity index is 971. The largest absolute Gasteiger partial charge is 0.486 e. The molecule has 0 bridgehead atoms. The van der Waals surface area contributed by atoms with E-state index >= 15 is 0 Å². The molecule has 0 unspecified atom stereocenters. The Hall–Kier alpha value is -3.33. The number of hydrogen-bond acceptors (Lipinski definition) is 6. The number of aromatic carboxylic acids is 1. The van der Waals surface area contributed by atoms with E-state index in [4.69, 9.17) is 9.84 Å². The second-order valence-electron chi connectivity index (χ2n) is 6.07. The van der Waals surface area contributed by atoms with Gasteiger partial charge >= 0.3 is 5.97 Å². The van der Waals surface area contributed by atoms with E-state index in [2.05, 4.69) is 27.4 Å². The maximum Gasteiger partial charge on any atom is 0.335 e. The third-order valence-electron chi connectivity index (χ3n) is 3.97. The first kappa shape index (κ1) is 20.4. The Labute approximate surface area is 171 Å². The molecular formula is C20H20N4O4S. The highest BCUT2D eigenvalue weighted by Gasteiger charge is 2.09. The average molecular weight is 412 g/mol. The van der Waals surface area contributed by atoms with Gasteiger partial charge in [-0.15, -0.1) is 5.10 Å². The number of carboxylic acids is 1. The molecule has 0 atom stereocenters. The molecule has 3 rings (SSSR count). The van der Waals surface area contributed by atoms with Crippen LogP contribution in [0.3, 0.4) is 0 Å². The van der Waals surface area contributed by atoms with Crippen molar-refractivity contribution in [2.24, 2.45) is 0 Å². The molecule has 0 spiro atoms. The summed E-state index contributed by atoms with van der Waals surface area (Å²) in [5.74, 6) is 0.187. The van der Waals surface area contributed by atoms with Crippen molar-refractivity contribution in [1.29, 1.82) is 0 Å². The molecule has 1 heterocycles. The zero-order valence-corrected chi connectivity index (χ0v) is 16.5. The summed E-state index contributed by atoms with van der Waals surface area (Å²) in [6, 6.07) is 13.8. The van der Waals surface area contributed by atoms with Crippen molar-refractivity contribution in [3.63, 3.8) is 0 Å². The lowest BCUT2D eigenvalue weighted by molar-refractivity contribution is -0.113. The smallest absolute Gasteiger partial charge is 0.335 e. The zero-order chi connectivity index (χ0) is 20.6. The van der Waals surface area contributed by atoms with Gasteiger partial charge in [-0.25, -0.2) is 9.78 Å². The van der Waals surface area contributed by atoms with Gasteiger partial charge < -0.3 is 15.2 Å². The number of thioether (sulfide) groups is 1. The molecule has 150 valence electrons. The van der Waals surface area contributed by atoms with Gasteiger partial charge in [-0.1, -0.05) is 30.8 Å². The van der Waals surface area contributed by atoms with Gasteiger partial charge in [0.1, 0.15) is 12.4 Å². The fraction of sp³-hybridized carbons (Fsp3) is 0.200. The minimum Gasteiger partial charge on any atom is -0.486 e. The van der Waals surface area contributed by atoms with Crippen LogP contribution in [0.15, 0.2) is 53.7 Å². The lowest BCUT2D eigenvalue weighted by Crippen LogP contribution is -2.14. The van der Waals surface area contributed by atoms with Crippen LogP contribution in [0.5, 0.6) is 5.75 Å². The van der Waals surface area contributed by atoms with Gasteiger partial charge in [0.25, 0.3) is 0 Å². The molecule has 9 heteroatoms. The monoisotopic (exact) mass is 412 g/mol. The number of nitrogens with zero attached hydrogens (tertiary/aromatic N) is 2. The molecule has 1 aromatic heterocycles. The SMILES string of the molecule is CCc1ccc(OCc2nc(SCC(=O)Nc3ccc(C(=O)O)cc3)n[nH]2)cc1. The van der Waals surface area contributed by atoms with Gasteiger partial charge in [-0.05, 0) is 48.4 Å². The standard InChI is InChI=1S/C20H20N4O4S/c1-2-13-3-9-16(10-4-13)28-11-17-22-20(24-23-17)29-12-18(25)21-15-7-5-14(6-8-15)19(26)27/h3-10H,2,11-12H2,1H3,(H,21,25)(H,26,27)(H,22,23,24). The summed E-state index contributed by atoms with van der Waals surface area (Å²) in [5, 5.41) is 18.9. The highest BCUT2D eigenvalue weighted by atomic mass is 32.2. The van der Waals surface area contributed by atoms with Crippen LogP contribution in [-0.2, 0) is 17.8 Å². The van der Waals surface area contributed by atoms with Gasteiger partial charge in [0, 0.05) is 5.69 Å². The number of carboxylic acid groups (broad SMARTS) is 1. The van der Waals surface area contributed by atoms with E-state index in [0.29, 0.717) is 16.7 Å². The lowest BCUT2D eigenvalue weighted by atomic mass is 10.2. The number of aryl methyl sites for hydroxylation is 1. The topological polar surface area (TPSA) is 117 Å². The van der Waals surface area contributed by atoms with Crippen molar-refractivity contribution in [3.05, 3.63) is 65.5 Å². The number of anilines is 1. The van der Waals surface area contributed by atoms with Crippen LogP contribution in [0, 0.1) is 0 Å². The van der Waals surface area contributed by atoms with Crippen molar-refractivity contribution < 1.29 is 19.4 Å². The van der Waals surface area contributed by atoms with Crippen molar-refractivity contribution in [2.45, 2.75) is 25.1 Å². The molecule has 0 aliphatic rings. The average Bonchev–Trinajstić information content (AvgIpc) is 3.19. The summed E-state index contributed by atoms with van der Waals surface area (Å²) < 4.78 is 5.67. The summed E-state index contributed by atoms with van der Waals surface area (Å²) in [4.78, 5) is 27.2. The number of hydrogen-bond donors (Lipinski definition) is 3. The molecule has 29 heavy (non-hydrogen) atoms. The molecule has 0 saturated carbocycles. The van der Waals surface area contributed by atoms with Gasteiger partial charge in [-0.2, -0.15) is 0 Å². The minimum atomic E-state index is -1.01. The van der Waals surface area contributed by atoms with Gasteiger partial charge in [0.15, 0.2) is 5.82 Å². The van der Waals surface area contributed by atoms with Crippen molar-refractivity contribution in [1.82, 2.24) is 15.2 Å². The van der Waals surface area contributed by atoms with Gasteiger partial charge in [0.05, 0.1) is 11.3 Å². The first-order chi connectivity index (χ1) is 14.0. The Kier molecular flexibility index (Phi) is 6.85. The van der Waals surface area contributed by atoms with Gasteiger partial charge in [-0.3, -0.25) is 9.89 Å². The quantitative estimate of drug-likeness (QED) is 0.461. The fourth-order valence-corrected chi connectivity index (χ4v) is 3.02. The minimum absolute atomic E-state index is 0.122. The Balaban J connectivity index is 1.44. The predicted octanol–water partition coefficient (Wildman–Crippen LogP) is 3.38. The molecule has 0 saturated heterocycles. The zero-order valence-electron chi connectivity index (χ0n) is 15.7. The van der Waals surface area contributed by atoms with Crippen LogP contribution >= 0.6 is 11.8 Å². The highest BCUT2D eigenvalue weighted by molar-refractivity contribution is 7.99. The number of amides is 1. The molecule has 0 radical (unpaired) electrons. The molecule has 3 N–H and O–H groups in total. The molecule has 0 fully saturated rings. The van der Waals surface area contributed by atoms with Crippen LogP contribution in [0.1, 0.15) is 28.7 Å². The van der Waals surface area contributed by atoms with E-state index in [1.54, 1.807) is 12.1 Å². The van der Waals surface area contributed by atoms with Crippen molar-refractivity contribution in [2.75, 3.05) is 11.1 Å². The predicted molar refractivity (Wildman–Crippen MR) is 109 cm³/mol. The summed E-state index contributed by atoms with van der Waals surface area (Å²) in [6.45, 7) is 2.35. The molecule has 2 aromatic carbocycles. The molecule has 0 aliphatic heterocycles. The summed E-state index contributed by atoms with van der Waals surface area (Å²) in [7, 11) is 0. The van der Waals surface area contributed by atoms with Crippen LogP contribution in [0.2, 0.25) is 0 Å². The van der Waals surface area contributed by atoms with E-state index in [9.17, 15) is 9.59 Å². The third-order valence-corrected chi connectivity index (χ3v) is 4.81. The highest BCUT2D eigenvalue weighted by Crippen LogP contribution is 2.16. The van der Waals surface area contributed by atoms with Crippen LogP contribution < -0.4 is 10.1 Å². The summed E-state index contributed by atoms with van der Waals surface area (Å²) >= 11 is 1.19. The molecule has 1 amide bonds. The van der Waals surface area contributed by atoms with Crippen LogP contribution in [0.4, 0.5) is 5.69 Å². The number of benzene rings is 2. The number of aromatic nitrogens is 3. The van der Waals surface area contributed by atoms with Gasteiger partial charge in [0.2, 0.25) is 11.1 Å². The number of H-pyrrole nitrogens is 1. The first-order valence-electron chi connectivity index (χ1n) is 8.92. The number of ether oxygens (including phenoxy) is 1. The molecule has 0 aliphatic carbocycles. The summed E-state index contributed by atoms with van der Waals surface area (Å²) in [6.07, 6.45) is 0.976. The Morgan fingerprint density at radius 3 is 2.52 bits per heavy atom. The Morgan fingerprint density at radius 1 is 1.14 bits per heavy atom. The molecule has 3 aromatic rings. The van der Waals surface area contributed by atoms with E-state index in [1.165, 1.54) is 29.5 Å². The van der Waals surface area contributed by atoms with Crippen molar-refractivity contribution >= 4 is 29.3 Å². The van der Waals surface area contributed by atoms with E-state index < -0.39 is 5.97 Å². The van der Waals surface area contributed by atoms with Crippen LogP contribution in [-0.4, -0.2) is 37.9 Å². The number of nitrogens with one attached hydrogen (secondary N) is 2. The maximum absolute atomic E-state index is 12.0. The summed E-state index contributed by atoms with van der Waals surface area (Å²) in [5.41, 5.74) is 1.93. The van der Waals surface area contributed by atoms with E-state index in [0.717, 1.165) is 12.2 Å². The first-order valence-corrected chi connectivity index (χ1v) is 9.91. The number of carbonyl (C=O) groups is 2. The maximum atomic E-state index is 12.0. The van der Waals surface area contributed by atoms with Crippen LogP contribution in [0.25, 0.3) is 0 Å². The number of carbonyl (C=O) groups excluding carboxylic acids is 1. The fourth-order valence-electron chi connectivity index (χ4n) is 2.40. The molecule has 8 nitrogen and oxygen atoms in total.